The van der Waals surface area contributed by atoms with Crippen molar-refractivity contribution in [2.45, 2.75) is 5.41 Å². The smallest absolute Gasteiger partial charge is 0.0713 e. The molecule has 0 spiro atoms. The molecule has 0 aliphatic heterocycles. The molecule has 0 fully saturated rings. The lowest BCUT2D eigenvalue weighted by atomic mass is 9.68. The summed E-state index contributed by atoms with van der Waals surface area (Å²) >= 11 is 0. The van der Waals surface area contributed by atoms with Crippen LogP contribution < -0.4 is 4.90 Å². The lowest BCUT2D eigenvalue weighted by Gasteiger charge is -2.34. The molecule has 300 valence electrons. The van der Waals surface area contributed by atoms with Crippen molar-refractivity contribution in [3.63, 3.8) is 0 Å². The third-order valence-corrected chi connectivity index (χ3v) is 13.3. The molecule has 11 aromatic rings. The summed E-state index contributed by atoms with van der Waals surface area (Å²) in [5, 5.41) is 4.98. The Bertz CT molecular complexity index is 3430. The van der Waals surface area contributed by atoms with Gasteiger partial charge in [0.05, 0.1) is 11.1 Å². The SMILES string of the molecule is c1ccc(-c2c(-c3ccccc3)c3cc(-c4ccccc4N(c4ccccc4)c4ccc5c(c4)-c4ccccc4C5(c4ccccc4)c4ccccc4)ccc3c3ccccc23)cc1. The number of para-hydroxylation sites is 2. The summed E-state index contributed by atoms with van der Waals surface area (Å²) in [4.78, 5) is 2.45. The molecular formula is C63H43N. The van der Waals surface area contributed by atoms with Crippen molar-refractivity contribution < 1.29 is 0 Å². The maximum absolute atomic E-state index is 2.45. The van der Waals surface area contributed by atoms with Gasteiger partial charge in [0.2, 0.25) is 0 Å². The molecule has 0 saturated carbocycles. The van der Waals surface area contributed by atoms with Gasteiger partial charge in [0.25, 0.3) is 0 Å². The van der Waals surface area contributed by atoms with Crippen molar-refractivity contribution in [3.8, 4) is 44.5 Å². The van der Waals surface area contributed by atoms with Gasteiger partial charge in [-0.3, -0.25) is 0 Å². The van der Waals surface area contributed by atoms with E-state index in [0.29, 0.717) is 0 Å². The van der Waals surface area contributed by atoms with Gasteiger partial charge in [-0.2, -0.15) is 0 Å². The standard InChI is InChI=1S/C63H43N/c1-6-22-44(23-7-1)61-55-35-17-16-33-52(55)53-40-38-46(42-57(53)62(61)45-24-8-2-9-25-45)51-32-19-21-37-60(51)64(49-30-14-5-15-31-49)50-39-41-59-56(43-50)54-34-18-20-36-58(54)63(59,47-26-10-3-11-27-47)48-28-12-4-13-29-48/h1-43H. The van der Waals surface area contributed by atoms with Gasteiger partial charge in [-0.1, -0.05) is 224 Å². The number of hydrogen-bond donors (Lipinski definition) is 0. The number of benzene rings is 11. The number of rotatable bonds is 8. The number of fused-ring (bicyclic) bond motifs is 6. The van der Waals surface area contributed by atoms with E-state index in [4.69, 9.17) is 0 Å². The van der Waals surface area contributed by atoms with E-state index in [1.807, 2.05) is 0 Å². The van der Waals surface area contributed by atoms with Crippen LogP contribution in [-0.2, 0) is 5.41 Å². The van der Waals surface area contributed by atoms with Crippen molar-refractivity contribution in [2.75, 3.05) is 4.90 Å². The normalized spacial score (nSPS) is 12.5. The van der Waals surface area contributed by atoms with Crippen molar-refractivity contribution in [2.24, 2.45) is 0 Å². The zero-order valence-corrected chi connectivity index (χ0v) is 35.3. The van der Waals surface area contributed by atoms with Crippen molar-refractivity contribution >= 4 is 38.6 Å². The van der Waals surface area contributed by atoms with Gasteiger partial charge in [-0.15, -0.1) is 0 Å². The molecule has 64 heavy (non-hydrogen) atoms. The fraction of sp³-hybridized carbons (Fsp3) is 0.0159. The minimum atomic E-state index is -0.465. The van der Waals surface area contributed by atoms with Crippen molar-refractivity contribution in [1.82, 2.24) is 0 Å². The zero-order chi connectivity index (χ0) is 42.5. The molecule has 1 aliphatic rings. The minimum Gasteiger partial charge on any atom is -0.310 e. The Morgan fingerprint density at radius 1 is 0.266 bits per heavy atom. The van der Waals surface area contributed by atoms with Crippen LogP contribution in [0.3, 0.4) is 0 Å². The predicted molar refractivity (Wildman–Crippen MR) is 270 cm³/mol. The Kier molecular flexibility index (Phi) is 9.13. The molecule has 1 aliphatic carbocycles. The van der Waals surface area contributed by atoms with Gasteiger partial charge in [0, 0.05) is 16.9 Å². The quantitative estimate of drug-likeness (QED) is 0.138. The van der Waals surface area contributed by atoms with Gasteiger partial charge in [-0.05, 0) is 119 Å². The summed E-state index contributed by atoms with van der Waals surface area (Å²) < 4.78 is 0. The lowest BCUT2D eigenvalue weighted by molar-refractivity contribution is 0.768. The van der Waals surface area contributed by atoms with E-state index < -0.39 is 5.41 Å². The van der Waals surface area contributed by atoms with Crippen LogP contribution in [-0.4, -0.2) is 0 Å². The maximum Gasteiger partial charge on any atom is 0.0713 e. The topological polar surface area (TPSA) is 3.24 Å². The van der Waals surface area contributed by atoms with Crippen molar-refractivity contribution in [1.29, 1.82) is 0 Å². The monoisotopic (exact) mass is 813 g/mol. The van der Waals surface area contributed by atoms with Crippen LogP contribution in [0.2, 0.25) is 0 Å². The van der Waals surface area contributed by atoms with Gasteiger partial charge in [0.15, 0.2) is 0 Å². The number of hydrogen-bond acceptors (Lipinski definition) is 1. The van der Waals surface area contributed by atoms with E-state index in [1.165, 1.54) is 77.2 Å². The highest BCUT2D eigenvalue weighted by molar-refractivity contribution is 6.22. The van der Waals surface area contributed by atoms with Crippen LogP contribution in [0.25, 0.3) is 66.1 Å². The molecule has 1 heteroatoms. The molecule has 11 aromatic carbocycles. The summed E-state index contributed by atoms with van der Waals surface area (Å²) in [5.74, 6) is 0. The molecule has 0 amide bonds. The Morgan fingerprint density at radius 2 is 0.750 bits per heavy atom. The molecule has 0 radical (unpaired) electrons. The molecule has 0 aromatic heterocycles. The van der Waals surface area contributed by atoms with E-state index in [0.717, 1.165) is 28.2 Å². The van der Waals surface area contributed by atoms with Crippen LogP contribution in [0.15, 0.2) is 261 Å². The summed E-state index contributed by atoms with van der Waals surface area (Å²) in [7, 11) is 0. The number of anilines is 3. The van der Waals surface area contributed by atoms with Crippen LogP contribution in [0.1, 0.15) is 22.3 Å². The van der Waals surface area contributed by atoms with Crippen LogP contribution in [0, 0.1) is 0 Å². The first-order chi connectivity index (χ1) is 31.8. The summed E-state index contributed by atoms with van der Waals surface area (Å²) in [6, 6.07) is 95.8. The van der Waals surface area contributed by atoms with E-state index in [1.54, 1.807) is 0 Å². The molecule has 12 rings (SSSR count). The Balaban J connectivity index is 1.10. The molecule has 0 atom stereocenters. The van der Waals surface area contributed by atoms with E-state index in [9.17, 15) is 0 Å². The molecular weight excluding hydrogens is 771 g/mol. The molecule has 0 unspecified atom stereocenters. The van der Waals surface area contributed by atoms with Crippen LogP contribution in [0.5, 0.6) is 0 Å². The Morgan fingerprint density at radius 3 is 1.41 bits per heavy atom. The van der Waals surface area contributed by atoms with Gasteiger partial charge < -0.3 is 4.90 Å². The largest absolute Gasteiger partial charge is 0.310 e. The zero-order valence-electron chi connectivity index (χ0n) is 35.3. The summed E-state index contributed by atoms with van der Waals surface area (Å²) in [5.41, 5.74) is 17.7. The summed E-state index contributed by atoms with van der Waals surface area (Å²) in [6.45, 7) is 0. The number of nitrogens with zero attached hydrogens (tertiary/aromatic N) is 1. The third kappa shape index (κ3) is 5.93. The average molecular weight is 814 g/mol. The first kappa shape index (κ1) is 37.5. The second-order valence-corrected chi connectivity index (χ2v) is 16.7. The highest BCUT2D eigenvalue weighted by Gasteiger charge is 2.46. The van der Waals surface area contributed by atoms with E-state index in [2.05, 4.69) is 266 Å². The van der Waals surface area contributed by atoms with E-state index in [-0.39, 0.29) is 0 Å². The minimum absolute atomic E-state index is 0.465. The highest BCUT2D eigenvalue weighted by Crippen LogP contribution is 2.57. The molecule has 0 heterocycles. The Labute approximate surface area is 374 Å². The second kappa shape index (κ2) is 15.6. The van der Waals surface area contributed by atoms with Gasteiger partial charge in [0.1, 0.15) is 0 Å². The molecule has 1 nitrogen and oxygen atoms in total. The van der Waals surface area contributed by atoms with Gasteiger partial charge >= 0.3 is 0 Å². The second-order valence-electron chi connectivity index (χ2n) is 16.7. The first-order valence-corrected chi connectivity index (χ1v) is 22.2. The fourth-order valence-corrected chi connectivity index (χ4v) is 10.7. The van der Waals surface area contributed by atoms with Gasteiger partial charge in [-0.25, -0.2) is 0 Å². The molecule has 0 N–H and O–H groups in total. The summed E-state index contributed by atoms with van der Waals surface area (Å²) in [6.07, 6.45) is 0. The van der Waals surface area contributed by atoms with E-state index >= 15 is 0 Å². The lowest BCUT2D eigenvalue weighted by Crippen LogP contribution is -2.28. The van der Waals surface area contributed by atoms with Crippen LogP contribution >= 0.6 is 0 Å². The maximum atomic E-state index is 2.45. The first-order valence-electron chi connectivity index (χ1n) is 22.2. The fourth-order valence-electron chi connectivity index (χ4n) is 10.7. The highest BCUT2D eigenvalue weighted by atomic mass is 15.1. The van der Waals surface area contributed by atoms with Crippen molar-refractivity contribution in [3.05, 3.63) is 283 Å². The third-order valence-electron chi connectivity index (χ3n) is 13.3. The molecule has 0 saturated heterocycles. The van der Waals surface area contributed by atoms with Crippen LogP contribution in [0.4, 0.5) is 17.1 Å². The molecule has 0 bridgehead atoms. The predicted octanol–water partition coefficient (Wildman–Crippen LogP) is 16.8. The Hall–Kier alpha value is -8.26. The average Bonchev–Trinajstić information content (AvgIpc) is 3.68.